The van der Waals surface area contributed by atoms with E-state index in [0.29, 0.717) is 26.1 Å². The standard InChI is InChI=1S/C22H21FN4O/c1-2-9-24-17-13-27(14-17)22(28)19-10-15(7-8-20(19)23)11-21-18-6-4-3-5-16(18)12-25-26-21/h2-8,10,12,17,24H,1,9,11,13-14H2. The zero-order valence-electron chi connectivity index (χ0n) is 15.4. The Bertz CT molecular complexity index is 1020. The first-order valence-electron chi connectivity index (χ1n) is 9.27. The number of aromatic nitrogens is 2. The van der Waals surface area contributed by atoms with E-state index in [2.05, 4.69) is 22.1 Å². The lowest BCUT2D eigenvalue weighted by molar-refractivity contribution is 0.0567. The number of hydrogen-bond acceptors (Lipinski definition) is 4. The maximum absolute atomic E-state index is 14.3. The Kier molecular flexibility index (Phi) is 5.12. The lowest BCUT2D eigenvalue weighted by Gasteiger charge is -2.39. The summed E-state index contributed by atoms with van der Waals surface area (Å²) in [6.45, 7) is 5.51. The van der Waals surface area contributed by atoms with Gasteiger partial charge in [0, 0.05) is 42.9 Å². The summed E-state index contributed by atoms with van der Waals surface area (Å²) in [5.41, 5.74) is 1.74. The number of halogens is 1. The molecule has 1 saturated heterocycles. The zero-order chi connectivity index (χ0) is 19.5. The molecule has 0 aliphatic carbocycles. The van der Waals surface area contributed by atoms with Crippen LogP contribution in [0.25, 0.3) is 10.8 Å². The smallest absolute Gasteiger partial charge is 0.256 e. The molecule has 6 heteroatoms. The number of hydrogen-bond donors (Lipinski definition) is 1. The molecule has 1 aliphatic rings. The van der Waals surface area contributed by atoms with Crippen LogP contribution >= 0.6 is 0 Å². The molecule has 0 spiro atoms. The van der Waals surface area contributed by atoms with Gasteiger partial charge in [-0.1, -0.05) is 36.4 Å². The van der Waals surface area contributed by atoms with Crippen LogP contribution in [-0.2, 0) is 6.42 Å². The van der Waals surface area contributed by atoms with Gasteiger partial charge in [0.2, 0.25) is 0 Å². The number of nitrogens with zero attached hydrogens (tertiary/aromatic N) is 3. The number of likely N-dealkylation sites (tertiary alicyclic amines) is 1. The van der Waals surface area contributed by atoms with Gasteiger partial charge in [-0.3, -0.25) is 4.79 Å². The van der Waals surface area contributed by atoms with E-state index >= 15 is 0 Å². The topological polar surface area (TPSA) is 58.1 Å². The second kappa shape index (κ2) is 7.86. The molecule has 5 nitrogen and oxygen atoms in total. The van der Waals surface area contributed by atoms with E-state index in [1.807, 2.05) is 24.3 Å². The lowest BCUT2D eigenvalue weighted by Crippen LogP contribution is -2.59. The third-order valence-electron chi connectivity index (χ3n) is 5.00. The van der Waals surface area contributed by atoms with Gasteiger partial charge in [0.1, 0.15) is 5.82 Å². The maximum Gasteiger partial charge on any atom is 0.256 e. The molecular weight excluding hydrogens is 355 g/mol. The average molecular weight is 376 g/mol. The van der Waals surface area contributed by atoms with Gasteiger partial charge in [-0.25, -0.2) is 4.39 Å². The second-order valence-corrected chi connectivity index (χ2v) is 6.97. The first-order chi connectivity index (χ1) is 13.7. The molecular formula is C22H21FN4O. The van der Waals surface area contributed by atoms with E-state index in [4.69, 9.17) is 0 Å². The second-order valence-electron chi connectivity index (χ2n) is 6.97. The highest BCUT2D eigenvalue weighted by Crippen LogP contribution is 2.21. The highest BCUT2D eigenvalue weighted by Gasteiger charge is 2.31. The summed E-state index contributed by atoms with van der Waals surface area (Å²) >= 11 is 0. The largest absolute Gasteiger partial charge is 0.335 e. The molecule has 1 N–H and O–H groups in total. The molecule has 142 valence electrons. The average Bonchev–Trinajstić information content (AvgIpc) is 2.68. The number of amides is 1. The summed E-state index contributed by atoms with van der Waals surface area (Å²) < 4.78 is 14.3. The molecule has 0 atom stereocenters. The summed E-state index contributed by atoms with van der Waals surface area (Å²) in [5, 5.41) is 13.6. The fourth-order valence-corrected chi connectivity index (χ4v) is 3.45. The number of carbonyl (C=O) groups excluding carboxylic acids is 1. The van der Waals surface area contributed by atoms with Crippen molar-refractivity contribution in [3.05, 3.63) is 84.0 Å². The van der Waals surface area contributed by atoms with Crippen LogP contribution in [0.4, 0.5) is 4.39 Å². The normalized spacial score (nSPS) is 14.1. The van der Waals surface area contributed by atoms with E-state index < -0.39 is 5.82 Å². The van der Waals surface area contributed by atoms with Gasteiger partial charge in [0.25, 0.3) is 5.91 Å². The molecule has 3 aromatic rings. The van der Waals surface area contributed by atoms with Crippen molar-refractivity contribution in [2.75, 3.05) is 19.6 Å². The summed E-state index contributed by atoms with van der Waals surface area (Å²) in [5.74, 6) is -0.778. The van der Waals surface area contributed by atoms with E-state index in [9.17, 15) is 9.18 Å². The van der Waals surface area contributed by atoms with Gasteiger partial charge in [0.15, 0.2) is 0 Å². The van der Waals surface area contributed by atoms with E-state index in [1.54, 1.807) is 29.3 Å². The summed E-state index contributed by atoms with van der Waals surface area (Å²) in [7, 11) is 0. The number of fused-ring (bicyclic) bond motifs is 1. The Hall–Kier alpha value is -3.12. The zero-order valence-corrected chi connectivity index (χ0v) is 15.4. The highest BCUT2D eigenvalue weighted by molar-refractivity contribution is 5.95. The molecule has 0 saturated carbocycles. The summed E-state index contributed by atoms with van der Waals surface area (Å²) in [4.78, 5) is 14.3. The van der Waals surface area contributed by atoms with Crippen molar-refractivity contribution in [2.24, 2.45) is 0 Å². The predicted molar refractivity (Wildman–Crippen MR) is 107 cm³/mol. The van der Waals surface area contributed by atoms with Gasteiger partial charge < -0.3 is 10.2 Å². The van der Waals surface area contributed by atoms with Gasteiger partial charge in [-0.05, 0) is 17.7 Å². The lowest BCUT2D eigenvalue weighted by atomic mass is 10.0. The fraction of sp³-hybridized carbons (Fsp3) is 0.227. The monoisotopic (exact) mass is 376 g/mol. The van der Waals surface area contributed by atoms with Crippen molar-refractivity contribution in [2.45, 2.75) is 12.5 Å². The Balaban J connectivity index is 1.53. The summed E-state index contributed by atoms with van der Waals surface area (Å²) in [6, 6.07) is 12.8. The minimum atomic E-state index is -0.500. The van der Waals surface area contributed by atoms with Gasteiger partial charge in [-0.15, -0.1) is 6.58 Å². The van der Waals surface area contributed by atoms with Gasteiger partial charge in [0.05, 0.1) is 17.5 Å². The third-order valence-corrected chi connectivity index (χ3v) is 5.00. The number of rotatable bonds is 6. The van der Waals surface area contributed by atoms with Crippen LogP contribution in [0.3, 0.4) is 0 Å². The minimum absolute atomic E-state index is 0.105. The van der Waals surface area contributed by atoms with Gasteiger partial charge in [-0.2, -0.15) is 10.2 Å². The fourth-order valence-electron chi connectivity index (χ4n) is 3.45. The van der Waals surface area contributed by atoms with Crippen LogP contribution in [0.5, 0.6) is 0 Å². The first-order valence-corrected chi connectivity index (χ1v) is 9.27. The third kappa shape index (κ3) is 3.64. The SMILES string of the molecule is C=CCNC1CN(C(=O)c2cc(Cc3nncc4ccccc34)ccc2F)C1. The quantitative estimate of drug-likeness (QED) is 0.672. The molecule has 0 radical (unpaired) electrons. The Morgan fingerprint density at radius 1 is 1.29 bits per heavy atom. The van der Waals surface area contributed by atoms with Crippen LogP contribution in [0.15, 0.2) is 61.3 Å². The highest BCUT2D eigenvalue weighted by atomic mass is 19.1. The van der Waals surface area contributed by atoms with Crippen molar-refractivity contribution >= 4 is 16.7 Å². The van der Waals surface area contributed by atoms with Gasteiger partial charge >= 0.3 is 0 Å². The van der Waals surface area contributed by atoms with Crippen LogP contribution in [0.2, 0.25) is 0 Å². The Morgan fingerprint density at radius 3 is 2.93 bits per heavy atom. The molecule has 1 fully saturated rings. The van der Waals surface area contributed by atoms with Crippen molar-refractivity contribution in [3.8, 4) is 0 Å². The van der Waals surface area contributed by atoms with Crippen LogP contribution < -0.4 is 5.32 Å². The Labute approximate surface area is 162 Å². The molecule has 0 unspecified atom stereocenters. The van der Waals surface area contributed by atoms with E-state index in [0.717, 1.165) is 22.0 Å². The number of nitrogens with one attached hydrogen (secondary N) is 1. The van der Waals surface area contributed by atoms with Crippen LogP contribution in [0.1, 0.15) is 21.6 Å². The van der Waals surface area contributed by atoms with Crippen molar-refractivity contribution < 1.29 is 9.18 Å². The molecule has 1 amide bonds. The molecule has 2 heterocycles. The van der Waals surface area contributed by atoms with Crippen molar-refractivity contribution in [1.82, 2.24) is 20.4 Å². The van der Waals surface area contributed by atoms with Crippen molar-refractivity contribution in [3.63, 3.8) is 0 Å². The predicted octanol–water partition coefficient (Wildman–Crippen LogP) is 2.96. The number of benzene rings is 2. The molecule has 1 aromatic heterocycles. The summed E-state index contributed by atoms with van der Waals surface area (Å²) in [6.07, 6.45) is 3.99. The Morgan fingerprint density at radius 2 is 2.11 bits per heavy atom. The van der Waals surface area contributed by atoms with E-state index in [-0.39, 0.29) is 17.5 Å². The number of carbonyl (C=O) groups is 1. The molecule has 28 heavy (non-hydrogen) atoms. The van der Waals surface area contributed by atoms with E-state index in [1.165, 1.54) is 6.07 Å². The molecule has 4 rings (SSSR count). The van der Waals surface area contributed by atoms with Crippen LogP contribution in [-0.4, -0.2) is 46.7 Å². The minimum Gasteiger partial charge on any atom is -0.335 e. The first kappa shape index (κ1) is 18.3. The molecule has 1 aliphatic heterocycles. The van der Waals surface area contributed by atoms with Crippen LogP contribution in [0, 0.1) is 5.82 Å². The molecule has 2 aromatic carbocycles. The van der Waals surface area contributed by atoms with Crippen molar-refractivity contribution in [1.29, 1.82) is 0 Å². The molecule has 0 bridgehead atoms. The maximum atomic E-state index is 14.3.